The van der Waals surface area contributed by atoms with Crippen LogP contribution < -0.4 is 0 Å². The lowest BCUT2D eigenvalue weighted by Gasteiger charge is -2.20. The summed E-state index contributed by atoms with van der Waals surface area (Å²) >= 11 is 0. The number of nitriles is 2. The molecule has 0 bridgehead atoms. The first kappa shape index (κ1) is 42.0. The van der Waals surface area contributed by atoms with Crippen LogP contribution in [0.25, 0.3) is 100 Å². The molecule has 0 atom stereocenters. The predicted octanol–water partition coefficient (Wildman–Crippen LogP) is 15.1. The third-order valence-corrected chi connectivity index (χ3v) is 13.2. The number of para-hydroxylation sites is 2. The average Bonchev–Trinajstić information content (AvgIpc) is 3.87. The molecule has 7 heteroatoms. The van der Waals surface area contributed by atoms with E-state index in [1.165, 1.54) is 16.5 Å². The molecule has 326 valence electrons. The number of fused-ring (bicyclic) bond motifs is 6. The molecule has 0 saturated heterocycles. The van der Waals surface area contributed by atoms with Crippen molar-refractivity contribution in [3.63, 3.8) is 0 Å². The minimum absolute atomic E-state index is 0.0211. The first-order chi connectivity index (χ1) is 32.9. The molecule has 7 nitrogen and oxygen atoms in total. The third kappa shape index (κ3) is 7.08. The summed E-state index contributed by atoms with van der Waals surface area (Å²) in [5, 5.41) is 26.0. The van der Waals surface area contributed by atoms with Crippen molar-refractivity contribution in [1.82, 2.24) is 24.1 Å². The smallest absolute Gasteiger partial charge is 0.164 e. The van der Waals surface area contributed by atoms with E-state index in [9.17, 15) is 10.5 Å². The zero-order valence-electron chi connectivity index (χ0n) is 38.9. The van der Waals surface area contributed by atoms with Gasteiger partial charge in [0.25, 0.3) is 0 Å². The molecule has 3 aromatic heterocycles. The van der Waals surface area contributed by atoms with Crippen molar-refractivity contribution >= 4 is 43.6 Å². The minimum Gasteiger partial charge on any atom is -0.309 e. The first-order valence-electron chi connectivity index (χ1n) is 23.0. The molecule has 0 aliphatic carbocycles. The Kier molecular flexibility index (Phi) is 9.92. The largest absolute Gasteiger partial charge is 0.309 e. The van der Waals surface area contributed by atoms with Gasteiger partial charge < -0.3 is 9.13 Å². The van der Waals surface area contributed by atoms with Gasteiger partial charge in [0, 0.05) is 49.4 Å². The quantitative estimate of drug-likeness (QED) is 0.166. The van der Waals surface area contributed by atoms with Gasteiger partial charge in [0.2, 0.25) is 0 Å². The summed E-state index contributed by atoms with van der Waals surface area (Å²) in [5.41, 5.74) is 13.4. The zero-order valence-corrected chi connectivity index (χ0v) is 38.9. The van der Waals surface area contributed by atoms with Gasteiger partial charge in [0.05, 0.1) is 50.6 Å². The Morgan fingerprint density at radius 1 is 0.368 bits per heavy atom. The van der Waals surface area contributed by atoms with Gasteiger partial charge in [-0.25, -0.2) is 15.0 Å². The van der Waals surface area contributed by atoms with Gasteiger partial charge in [-0.1, -0.05) is 139 Å². The second-order valence-electron chi connectivity index (χ2n) is 19.6. The molecule has 0 unspecified atom stereocenters. The van der Waals surface area contributed by atoms with Crippen LogP contribution in [-0.4, -0.2) is 24.1 Å². The highest BCUT2D eigenvalue weighted by molar-refractivity contribution is 6.11. The molecule has 8 aromatic carbocycles. The fraction of sp³-hybridized carbons (Fsp3) is 0.131. The van der Waals surface area contributed by atoms with Crippen LogP contribution >= 0.6 is 0 Å². The fourth-order valence-corrected chi connectivity index (χ4v) is 9.61. The predicted molar refractivity (Wildman–Crippen MR) is 277 cm³/mol. The van der Waals surface area contributed by atoms with Crippen molar-refractivity contribution in [3.05, 3.63) is 198 Å². The second kappa shape index (κ2) is 16.0. The molecule has 0 spiro atoms. The van der Waals surface area contributed by atoms with Gasteiger partial charge in [0.15, 0.2) is 17.5 Å². The van der Waals surface area contributed by atoms with Crippen LogP contribution in [0.1, 0.15) is 63.8 Å². The summed E-state index contributed by atoms with van der Waals surface area (Å²) in [7, 11) is 0. The van der Waals surface area contributed by atoms with Gasteiger partial charge in [-0.2, -0.15) is 10.5 Å². The first-order valence-corrected chi connectivity index (χ1v) is 23.0. The SMILES string of the molecule is CC(C)(C)c1ccc2c(c1)c1ccccc1n2-c1ccc(-c2nc(-c3ccccc3)nc(-c3ccc(-n4c5ccccc5c5cc(C(C)(C)C)ccc54)c(-c4ccccc4C#N)c3)n2)cc1C#N. The number of hydrogen-bond donors (Lipinski definition) is 0. The Balaban J connectivity index is 1.11. The summed E-state index contributed by atoms with van der Waals surface area (Å²) in [6, 6.07) is 65.1. The van der Waals surface area contributed by atoms with Crippen molar-refractivity contribution < 1.29 is 0 Å². The lowest BCUT2D eigenvalue weighted by molar-refractivity contribution is 0.591. The maximum absolute atomic E-state index is 10.9. The van der Waals surface area contributed by atoms with E-state index in [1.54, 1.807) is 0 Å². The van der Waals surface area contributed by atoms with Crippen LogP contribution in [-0.2, 0) is 10.8 Å². The lowest BCUT2D eigenvalue weighted by Crippen LogP contribution is -2.10. The average molecular weight is 878 g/mol. The highest BCUT2D eigenvalue weighted by Gasteiger charge is 2.24. The summed E-state index contributed by atoms with van der Waals surface area (Å²) in [6.07, 6.45) is 0. The molecule has 0 fully saturated rings. The number of nitrogens with zero attached hydrogens (tertiary/aromatic N) is 7. The zero-order chi connectivity index (χ0) is 46.9. The van der Waals surface area contributed by atoms with E-state index in [-0.39, 0.29) is 10.8 Å². The van der Waals surface area contributed by atoms with Gasteiger partial charge in [-0.3, -0.25) is 0 Å². The van der Waals surface area contributed by atoms with Crippen molar-refractivity contribution in [2.24, 2.45) is 0 Å². The van der Waals surface area contributed by atoms with Crippen LogP contribution in [0.5, 0.6) is 0 Å². The van der Waals surface area contributed by atoms with E-state index in [4.69, 9.17) is 15.0 Å². The van der Waals surface area contributed by atoms with Gasteiger partial charge >= 0.3 is 0 Å². The van der Waals surface area contributed by atoms with E-state index in [2.05, 4.69) is 160 Å². The van der Waals surface area contributed by atoms with Crippen LogP contribution in [0.4, 0.5) is 0 Å². The third-order valence-electron chi connectivity index (χ3n) is 13.2. The molecule has 11 aromatic rings. The maximum Gasteiger partial charge on any atom is 0.164 e. The number of benzene rings is 8. The van der Waals surface area contributed by atoms with Gasteiger partial charge in [-0.05, 0) is 101 Å². The molecule has 0 aliphatic heterocycles. The van der Waals surface area contributed by atoms with Crippen molar-refractivity contribution in [1.29, 1.82) is 10.5 Å². The molecule has 0 radical (unpaired) electrons. The summed E-state index contributed by atoms with van der Waals surface area (Å²) < 4.78 is 4.50. The van der Waals surface area contributed by atoms with E-state index in [1.807, 2.05) is 78.9 Å². The number of aromatic nitrogens is 5. The highest BCUT2D eigenvalue weighted by atomic mass is 15.0. The minimum atomic E-state index is -0.0285. The molecule has 0 amide bonds. The topological polar surface area (TPSA) is 96.1 Å². The summed E-state index contributed by atoms with van der Waals surface area (Å²) in [6.45, 7) is 13.4. The van der Waals surface area contributed by atoms with Crippen molar-refractivity contribution in [3.8, 4) is 68.8 Å². The fourth-order valence-electron chi connectivity index (χ4n) is 9.61. The maximum atomic E-state index is 10.9. The van der Waals surface area contributed by atoms with E-state index < -0.39 is 0 Å². The summed E-state index contributed by atoms with van der Waals surface area (Å²) in [4.78, 5) is 15.4. The summed E-state index contributed by atoms with van der Waals surface area (Å²) in [5.74, 6) is 1.41. The molecule has 68 heavy (non-hydrogen) atoms. The van der Waals surface area contributed by atoms with Crippen LogP contribution in [0.15, 0.2) is 176 Å². The Hall–Kier alpha value is -8.65. The van der Waals surface area contributed by atoms with Crippen LogP contribution in [0.2, 0.25) is 0 Å². The molecular formula is C61H47N7. The molecule has 3 heterocycles. The molecule has 0 saturated carbocycles. The van der Waals surface area contributed by atoms with Crippen LogP contribution in [0, 0.1) is 22.7 Å². The number of hydrogen-bond acceptors (Lipinski definition) is 5. The Morgan fingerprint density at radius 2 is 0.824 bits per heavy atom. The standard InChI is InChI=1S/C61H47N7/c1-60(2,3)43-26-30-55-49(34-43)46-20-12-14-22-52(46)67(55)51-28-24-39(32-42(51)37-63)58-64-57(38-16-8-7-9-17-38)65-59(66-58)40-25-29-54(48(33-40)45-19-11-10-18-41(45)36-62)68-53-23-15-13-21-47(53)50-35-44(61(4,5)6)27-31-56(50)68/h7-35H,1-6H3. The Morgan fingerprint density at radius 3 is 1.38 bits per heavy atom. The van der Waals surface area contributed by atoms with Crippen LogP contribution in [0.3, 0.4) is 0 Å². The van der Waals surface area contributed by atoms with Gasteiger partial charge in [-0.15, -0.1) is 0 Å². The molecule has 0 N–H and O–H groups in total. The monoisotopic (exact) mass is 877 g/mol. The van der Waals surface area contributed by atoms with E-state index >= 15 is 0 Å². The normalized spacial score (nSPS) is 11.9. The lowest BCUT2D eigenvalue weighted by atomic mass is 9.86. The number of rotatable bonds is 6. The molecule has 11 rings (SSSR count). The Labute approximate surface area is 395 Å². The second-order valence-corrected chi connectivity index (χ2v) is 19.6. The van der Waals surface area contributed by atoms with Crippen molar-refractivity contribution in [2.45, 2.75) is 52.4 Å². The van der Waals surface area contributed by atoms with E-state index in [0.29, 0.717) is 34.2 Å². The van der Waals surface area contributed by atoms with E-state index in [0.717, 1.165) is 71.9 Å². The van der Waals surface area contributed by atoms with Crippen molar-refractivity contribution in [2.75, 3.05) is 0 Å². The Bertz CT molecular complexity index is 3900. The molecular weight excluding hydrogens is 831 g/mol. The highest BCUT2D eigenvalue weighted by Crippen LogP contribution is 2.41. The van der Waals surface area contributed by atoms with Gasteiger partial charge in [0.1, 0.15) is 6.07 Å². The molecule has 0 aliphatic rings.